The fraction of sp³-hybridized carbons (Fsp3) is 0.500. The zero-order chi connectivity index (χ0) is 18.0. The van der Waals surface area contributed by atoms with E-state index in [-0.39, 0.29) is 11.9 Å². The van der Waals surface area contributed by atoms with E-state index in [1.807, 2.05) is 22.2 Å². The molecule has 6 nitrogen and oxygen atoms in total. The Kier molecular flexibility index (Phi) is 5.34. The van der Waals surface area contributed by atoms with Crippen LogP contribution in [0.3, 0.4) is 0 Å². The zero-order valence-corrected chi connectivity index (χ0v) is 15.8. The maximum absolute atomic E-state index is 11.6. The van der Waals surface area contributed by atoms with Crippen LogP contribution in [0.1, 0.15) is 24.2 Å². The maximum Gasteiger partial charge on any atom is 0.309 e. The van der Waals surface area contributed by atoms with Crippen molar-refractivity contribution in [3.63, 3.8) is 0 Å². The van der Waals surface area contributed by atoms with Gasteiger partial charge in [-0.1, -0.05) is 12.1 Å². The number of methoxy groups -OCH3 is 1. The average Bonchev–Trinajstić information content (AvgIpc) is 2.88. The molecule has 134 valence electrons. The Labute approximate surface area is 153 Å². The van der Waals surface area contributed by atoms with Crippen molar-refractivity contribution in [2.45, 2.75) is 33.4 Å². The summed E-state index contributed by atoms with van der Waals surface area (Å²) in [5.41, 5.74) is 2.25. The van der Waals surface area contributed by atoms with Crippen molar-refractivity contribution in [2.24, 2.45) is 5.92 Å². The van der Waals surface area contributed by atoms with Gasteiger partial charge in [-0.05, 0) is 43.8 Å². The van der Waals surface area contributed by atoms with Gasteiger partial charge >= 0.3 is 5.97 Å². The summed E-state index contributed by atoms with van der Waals surface area (Å²) in [5, 5.41) is 4.64. The number of rotatable bonds is 4. The highest BCUT2D eigenvalue weighted by molar-refractivity contribution is 7.71. The largest absolute Gasteiger partial charge is 0.469 e. The number of quaternary nitrogens is 1. The number of carbonyl (C=O) groups is 1. The van der Waals surface area contributed by atoms with E-state index in [9.17, 15) is 4.79 Å². The predicted octanol–water partition coefficient (Wildman–Crippen LogP) is 1.45. The fourth-order valence-electron chi connectivity index (χ4n) is 3.48. The lowest BCUT2D eigenvalue weighted by molar-refractivity contribution is -0.929. The minimum absolute atomic E-state index is 0.0355. The van der Waals surface area contributed by atoms with Crippen molar-refractivity contribution in [1.29, 1.82) is 0 Å². The van der Waals surface area contributed by atoms with E-state index < -0.39 is 0 Å². The molecule has 0 amide bonds. The molecule has 0 atom stereocenters. The van der Waals surface area contributed by atoms with Crippen LogP contribution in [-0.4, -0.2) is 40.5 Å². The molecule has 1 aromatic carbocycles. The van der Waals surface area contributed by atoms with Gasteiger partial charge in [0.05, 0.1) is 26.1 Å². The van der Waals surface area contributed by atoms with Crippen molar-refractivity contribution >= 4 is 18.2 Å². The fourth-order valence-corrected chi connectivity index (χ4v) is 3.82. The molecule has 0 bridgehead atoms. The van der Waals surface area contributed by atoms with Crippen LogP contribution in [0.5, 0.6) is 0 Å². The van der Waals surface area contributed by atoms with Crippen molar-refractivity contribution < 1.29 is 14.4 Å². The number of aryl methyl sites for hydroxylation is 2. The minimum Gasteiger partial charge on any atom is -0.469 e. The second-order valence-electron chi connectivity index (χ2n) is 6.71. The number of esters is 1. The van der Waals surface area contributed by atoms with E-state index in [1.54, 1.807) is 0 Å². The number of nitrogens with zero attached hydrogens (tertiary/aromatic N) is 3. The summed E-state index contributed by atoms with van der Waals surface area (Å²) in [5.74, 6) is 0.836. The number of hydrogen-bond donors (Lipinski definition) is 1. The Morgan fingerprint density at radius 1 is 1.36 bits per heavy atom. The van der Waals surface area contributed by atoms with Crippen molar-refractivity contribution in [3.05, 3.63) is 40.4 Å². The molecular weight excluding hydrogens is 336 g/mol. The molecule has 7 heteroatoms. The number of piperidine rings is 1. The SMILES string of the molecule is COC(=O)C1CC[NH+](Cn2nc(C)n(-c3cccc(C)c3)c2=S)CC1. The third-order valence-corrected chi connectivity index (χ3v) is 5.25. The van der Waals surface area contributed by atoms with Crippen LogP contribution in [0.4, 0.5) is 0 Å². The molecule has 3 rings (SSSR count). The third-order valence-electron chi connectivity index (χ3n) is 4.86. The summed E-state index contributed by atoms with van der Waals surface area (Å²) in [6.07, 6.45) is 1.71. The molecule has 0 radical (unpaired) electrons. The molecule has 0 spiro atoms. The normalized spacial score (nSPS) is 20.4. The molecule has 1 N–H and O–H groups in total. The highest BCUT2D eigenvalue weighted by Crippen LogP contribution is 2.14. The van der Waals surface area contributed by atoms with Crippen molar-refractivity contribution in [1.82, 2.24) is 14.3 Å². The van der Waals surface area contributed by atoms with Gasteiger partial charge < -0.3 is 9.64 Å². The quantitative estimate of drug-likeness (QED) is 0.661. The van der Waals surface area contributed by atoms with Crippen LogP contribution in [0.15, 0.2) is 24.3 Å². The van der Waals surface area contributed by atoms with Crippen molar-refractivity contribution in [2.75, 3.05) is 20.2 Å². The average molecular weight is 361 g/mol. The number of nitrogens with one attached hydrogen (secondary N) is 1. The van der Waals surface area contributed by atoms with Gasteiger partial charge in [-0.3, -0.25) is 9.36 Å². The monoisotopic (exact) mass is 361 g/mol. The first-order chi connectivity index (χ1) is 12.0. The van der Waals surface area contributed by atoms with E-state index in [1.165, 1.54) is 17.6 Å². The Balaban J connectivity index is 1.74. The number of hydrogen-bond acceptors (Lipinski definition) is 4. The molecule has 2 aromatic rings. The third kappa shape index (κ3) is 3.82. The molecule has 0 unspecified atom stereocenters. The highest BCUT2D eigenvalue weighted by Gasteiger charge is 2.28. The van der Waals surface area contributed by atoms with E-state index in [0.717, 1.165) is 44.1 Å². The van der Waals surface area contributed by atoms with Crippen molar-refractivity contribution in [3.8, 4) is 5.69 Å². The summed E-state index contributed by atoms with van der Waals surface area (Å²) in [6, 6.07) is 8.27. The lowest BCUT2D eigenvalue weighted by Crippen LogP contribution is -3.12. The number of likely N-dealkylation sites (tertiary alicyclic amines) is 1. The van der Waals surface area contributed by atoms with Crippen LogP contribution in [0.2, 0.25) is 0 Å². The van der Waals surface area contributed by atoms with E-state index in [4.69, 9.17) is 17.0 Å². The number of ether oxygens (including phenoxy) is 1. The first kappa shape index (κ1) is 17.8. The topological polar surface area (TPSA) is 53.5 Å². The Morgan fingerprint density at radius 3 is 2.72 bits per heavy atom. The Morgan fingerprint density at radius 2 is 2.08 bits per heavy atom. The summed E-state index contributed by atoms with van der Waals surface area (Å²) in [7, 11) is 1.46. The van der Waals surface area contributed by atoms with Gasteiger partial charge in [-0.2, -0.15) is 9.78 Å². The van der Waals surface area contributed by atoms with Gasteiger partial charge in [0.25, 0.3) is 0 Å². The highest BCUT2D eigenvalue weighted by atomic mass is 32.1. The first-order valence-corrected chi connectivity index (χ1v) is 9.05. The second-order valence-corrected chi connectivity index (χ2v) is 7.07. The molecule has 1 saturated heterocycles. The Bertz CT molecular complexity index is 819. The van der Waals surface area contributed by atoms with Gasteiger partial charge in [0.15, 0.2) is 6.67 Å². The molecule has 1 aliphatic rings. The second kappa shape index (κ2) is 7.49. The van der Waals surface area contributed by atoms with E-state index >= 15 is 0 Å². The van der Waals surface area contributed by atoms with Crippen LogP contribution >= 0.6 is 12.2 Å². The number of carbonyl (C=O) groups excluding carboxylic acids is 1. The standard InChI is InChI=1S/C18H24N4O2S/c1-13-5-4-6-16(11-13)22-14(2)19-21(18(22)25)12-20-9-7-15(8-10-20)17(23)24-3/h4-6,11,15H,7-10,12H2,1-3H3/p+1. The lowest BCUT2D eigenvalue weighted by atomic mass is 9.97. The summed E-state index contributed by atoms with van der Waals surface area (Å²) >= 11 is 5.67. The molecule has 0 saturated carbocycles. The smallest absolute Gasteiger partial charge is 0.309 e. The Hall–Kier alpha value is -1.99. The maximum atomic E-state index is 11.6. The zero-order valence-electron chi connectivity index (χ0n) is 15.0. The molecular formula is C18H25N4O2S+. The molecule has 1 fully saturated rings. The molecule has 2 heterocycles. The van der Waals surface area contributed by atoms with Gasteiger partial charge in [0.2, 0.25) is 4.77 Å². The molecule has 1 aliphatic heterocycles. The van der Waals surface area contributed by atoms with Crippen LogP contribution in [0, 0.1) is 24.5 Å². The summed E-state index contributed by atoms with van der Waals surface area (Å²) in [6.45, 7) is 6.64. The van der Waals surface area contributed by atoms with Gasteiger partial charge in [0, 0.05) is 18.5 Å². The van der Waals surface area contributed by atoms with Crippen LogP contribution in [-0.2, 0) is 16.2 Å². The lowest BCUT2D eigenvalue weighted by Gasteiger charge is -2.27. The minimum atomic E-state index is -0.0877. The molecule has 0 aliphatic carbocycles. The number of benzene rings is 1. The summed E-state index contributed by atoms with van der Waals surface area (Å²) < 4.78 is 9.49. The van der Waals surface area contributed by atoms with Gasteiger partial charge in [-0.15, -0.1) is 0 Å². The van der Waals surface area contributed by atoms with Crippen LogP contribution in [0.25, 0.3) is 5.69 Å². The van der Waals surface area contributed by atoms with Gasteiger partial charge in [0.1, 0.15) is 5.82 Å². The first-order valence-electron chi connectivity index (χ1n) is 8.64. The summed E-state index contributed by atoms with van der Waals surface area (Å²) in [4.78, 5) is 13.0. The molecule has 1 aromatic heterocycles. The van der Waals surface area contributed by atoms with E-state index in [2.05, 4.69) is 30.2 Å². The number of aromatic nitrogens is 3. The van der Waals surface area contributed by atoms with Crippen LogP contribution < -0.4 is 4.90 Å². The van der Waals surface area contributed by atoms with Gasteiger partial charge in [-0.25, -0.2) is 0 Å². The molecule has 25 heavy (non-hydrogen) atoms. The predicted molar refractivity (Wildman–Crippen MR) is 97.3 cm³/mol. The van der Waals surface area contributed by atoms with E-state index in [0.29, 0.717) is 4.77 Å².